The van der Waals surface area contributed by atoms with Crippen LogP contribution in [-0.4, -0.2) is 41.0 Å². The summed E-state index contributed by atoms with van der Waals surface area (Å²) in [4.78, 5) is 25.6. The van der Waals surface area contributed by atoms with Crippen LogP contribution in [0.1, 0.15) is 25.0 Å². The predicted octanol–water partition coefficient (Wildman–Crippen LogP) is 2.61. The molecule has 3 rings (SSSR count). The lowest BCUT2D eigenvalue weighted by Crippen LogP contribution is -2.46. The molecule has 1 heterocycles. The molecule has 27 heavy (non-hydrogen) atoms. The van der Waals surface area contributed by atoms with Crippen LogP contribution in [0.2, 0.25) is 0 Å². The average Bonchev–Trinajstić information content (AvgIpc) is 2.83. The number of benzene rings is 2. The number of phenolic OH excluding ortho intramolecular Hbond substituents is 1. The molecule has 0 radical (unpaired) electrons. The highest BCUT2D eigenvalue weighted by atomic mass is 16.5. The normalized spacial score (nSPS) is 14.6. The van der Waals surface area contributed by atoms with Crippen LogP contribution < -0.4 is 10.1 Å². The maximum atomic E-state index is 12.7. The van der Waals surface area contributed by atoms with E-state index >= 15 is 0 Å². The molecule has 1 aliphatic heterocycles. The number of aromatic hydroxyl groups is 1. The zero-order valence-corrected chi connectivity index (χ0v) is 15.8. The van der Waals surface area contributed by atoms with Gasteiger partial charge in [-0.1, -0.05) is 24.3 Å². The number of hydrogen-bond acceptors (Lipinski definition) is 4. The molecule has 0 fully saturated rings. The molecule has 1 aliphatic rings. The number of carbonyl (C=O) groups is 2. The lowest BCUT2D eigenvalue weighted by molar-refractivity contribution is -0.136. The Hall–Kier alpha value is -3.02. The molecule has 0 bridgehead atoms. The van der Waals surface area contributed by atoms with Crippen molar-refractivity contribution in [3.05, 3.63) is 47.5 Å². The van der Waals surface area contributed by atoms with Crippen molar-refractivity contribution in [2.45, 2.75) is 33.4 Å². The minimum Gasteiger partial charge on any atom is -0.504 e. The van der Waals surface area contributed by atoms with Gasteiger partial charge in [-0.05, 0) is 42.7 Å². The van der Waals surface area contributed by atoms with E-state index in [0.717, 1.165) is 22.3 Å². The molecule has 6 nitrogen and oxygen atoms in total. The van der Waals surface area contributed by atoms with Gasteiger partial charge in [0.25, 0.3) is 0 Å². The Bertz CT molecular complexity index is 878. The van der Waals surface area contributed by atoms with Crippen molar-refractivity contribution in [3.63, 3.8) is 0 Å². The van der Waals surface area contributed by atoms with E-state index in [0.29, 0.717) is 18.8 Å². The third-order valence-electron chi connectivity index (χ3n) is 4.67. The zero-order valence-electron chi connectivity index (χ0n) is 15.8. The van der Waals surface area contributed by atoms with E-state index in [2.05, 4.69) is 5.32 Å². The number of carbonyl (C=O) groups excluding carboxylic acids is 2. The standard InChI is InChI=1S/C21H24N2O4/c1-13-6-4-5-7-18(13)16-10-17-12-23(21(26)14(2)22-15(3)24)8-9-27-20(17)19(25)11-16/h4-7,10-11,14,25H,8-9,12H2,1-3H3,(H,22,24)/t14-/m1/s1. The second-order valence-corrected chi connectivity index (χ2v) is 6.83. The molecule has 0 saturated carbocycles. The number of nitrogens with one attached hydrogen (secondary N) is 1. The van der Waals surface area contributed by atoms with Crippen LogP contribution >= 0.6 is 0 Å². The fourth-order valence-electron chi connectivity index (χ4n) is 3.38. The molecular formula is C21H24N2O4. The van der Waals surface area contributed by atoms with Crippen molar-refractivity contribution in [3.8, 4) is 22.6 Å². The SMILES string of the molecule is CC(=O)N[C@H](C)C(=O)N1CCOc2c(O)cc(-c3ccccc3C)cc2C1. The first-order chi connectivity index (χ1) is 12.9. The third-order valence-corrected chi connectivity index (χ3v) is 4.67. The molecule has 2 amide bonds. The number of phenols is 1. The fraction of sp³-hybridized carbons (Fsp3) is 0.333. The molecule has 0 aromatic heterocycles. The number of aryl methyl sites for hydroxylation is 1. The topological polar surface area (TPSA) is 78.9 Å². The minimum absolute atomic E-state index is 0.0648. The molecule has 0 spiro atoms. The Morgan fingerprint density at radius 1 is 1.26 bits per heavy atom. The van der Waals surface area contributed by atoms with E-state index < -0.39 is 6.04 Å². The molecule has 1 atom stereocenters. The number of rotatable bonds is 3. The summed E-state index contributed by atoms with van der Waals surface area (Å²) in [6.45, 7) is 6.04. The van der Waals surface area contributed by atoms with Crippen molar-refractivity contribution in [1.82, 2.24) is 10.2 Å². The van der Waals surface area contributed by atoms with Gasteiger partial charge in [-0.3, -0.25) is 9.59 Å². The van der Waals surface area contributed by atoms with Gasteiger partial charge in [0.05, 0.1) is 6.54 Å². The number of ether oxygens (including phenoxy) is 1. The van der Waals surface area contributed by atoms with E-state index in [9.17, 15) is 14.7 Å². The summed E-state index contributed by atoms with van der Waals surface area (Å²) in [6.07, 6.45) is 0. The summed E-state index contributed by atoms with van der Waals surface area (Å²) in [7, 11) is 0. The monoisotopic (exact) mass is 368 g/mol. The second kappa shape index (κ2) is 7.70. The molecule has 2 aromatic carbocycles. The summed E-state index contributed by atoms with van der Waals surface area (Å²) < 4.78 is 5.71. The van der Waals surface area contributed by atoms with Gasteiger partial charge in [0.1, 0.15) is 12.6 Å². The van der Waals surface area contributed by atoms with Gasteiger partial charge in [0, 0.05) is 19.0 Å². The zero-order chi connectivity index (χ0) is 19.6. The van der Waals surface area contributed by atoms with E-state index in [1.54, 1.807) is 17.9 Å². The van der Waals surface area contributed by atoms with Gasteiger partial charge in [-0.15, -0.1) is 0 Å². The first-order valence-electron chi connectivity index (χ1n) is 8.97. The number of hydrogen-bond donors (Lipinski definition) is 2. The first kappa shape index (κ1) is 18.8. The minimum atomic E-state index is -0.614. The third kappa shape index (κ3) is 4.05. The van der Waals surface area contributed by atoms with Gasteiger partial charge in [0.2, 0.25) is 11.8 Å². The first-order valence-corrected chi connectivity index (χ1v) is 8.97. The van der Waals surface area contributed by atoms with Gasteiger partial charge in [-0.2, -0.15) is 0 Å². The molecule has 0 saturated heterocycles. The lowest BCUT2D eigenvalue weighted by atomic mass is 9.97. The average molecular weight is 368 g/mol. The number of nitrogens with zero attached hydrogens (tertiary/aromatic N) is 1. The maximum Gasteiger partial charge on any atom is 0.245 e. The van der Waals surface area contributed by atoms with Crippen LogP contribution in [0, 0.1) is 6.92 Å². The summed E-state index contributed by atoms with van der Waals surface area (Å²) in [5.74, 6) is 0.0500. The Labute approximate surface area is 158 Å². The van der Waals surface area contributed by atoms with Crippen LogP contribution in [0.4, 0.5) is 0 Å². The summed E-state index contributed by atoms with van der Waals surface area (Å²) in [5.41, 5.74) is 3.73. The van der Waals surface area contributed by atoms with Gasteiger partial charge >= 0.3 is 0 Å². The van der Waals surface area contributed by atoms with Crippen LogP contribution in [-0.2, 0) is 16.1 Å². The van der Waals surface area contributed by atoms with Crippen molar-refractivity contribution in [2.75, 3.05) is 13.2 Å². The summed E-state index contributed by atoms with van der Waals surface area (Å²) in [6, 6.07) is 11.0. The molecular weight excluding hydrogens is 344 g/mol. The van der Waals surface area contributed by atoms with Crippen molar-refractivity contribution in [2.24, 2.45) is 0 Å². The van der Waals surface area contributed by atoms with Crippen molar-refractivity contribution < 1.29 is 19.4 Å². The van der Waals surface area contributed by atoms with Crippen molar-refractivity contribution in [1.29, 1.82) is 0 Å². The van der Waals surface area contributed by atoms with Crippen LogP contribution in [0.15, 0.2) is 36.4 Å². The summed E-state index contributed by atoms with van der Waals surface area (Å²) >= 11 is 0. The Balaban J connectivity index is 1.93. The second-order valence-electron chi connectivity index (χ2n) is 6.83. The highest BCUT2D eigenvalue weighted by Gasteiger charge is 2.26. The number of fused-ring (bicyclic) bond motifs is 1. The van der Waals surface area contributed by atoms with Crippen molar-refractivity contribution >= 4 is 11.8 Å². The largest absolute Gasteiger partial charge is 0.504 e. The quantitative estimate of drug-likeness (QED) is 0.873. The van der Waals surface area contributed by atoms with Crippen LogP contribution in [0.5, 0.6) is 11.5 Å². The molecule has 0 aliphatic carbocycles. The van der Waals surface area contributed by atoms with E-state index in [-0.39, 0.29) is 24.2 Å². The van der Waals surface area contributed by atoms with Crippen LogP contribution in [0.3, 0.4) is 0 Å². The van der Waals surface area contributed by atoms with E-state index in [1.807, 2.05) is 37.3 Å². The Morgan fingerprint density at radius 3 is 2.70 bits per heavy atom. The van der Waals surface area contributed by atoms with Gasteiger partial charge in [-0.25, -0.2) is 0 Å². The highest BCUT2D eigenvalue weighted by Crippen LogP contribution is 2.38. The maximum absolute atomic E-state index is 12.7. The number of amides is 2. The van der Waals surface area contributed by atoms with Gasteiger partial charge in [0.15, 0.2) is 11.5 Å². The van der Waals surface area contributed by atoms with Gasteiger partial charge < -0.3 is 20.1 Å². The Morgan fingerprint density at radius 2 is 2.00 bits per heavy atom. The summed E-state index contributed by atoms with van der Waals surface area (Å²) in [5, 5.41) is 13.1. The lowest BCUT2D eigenvalue weighted by Gasteiger charge is -2.24. The smallest absolute Gasteiger partial charge is 0.245 e. The predicted molar refractivity (Wildman–Crippen MR) is 102 cm³/mol. The Kier molecular flexibility index (Phi) is 5.35. The van der Waals surface area contributed by atoms with E-state index in [1.165, 1.54) is 6.92 Å². The van der Waals surface area contributed by atoms with Crippen LogP contribution in [0.25, 0.3) is 11.1 Å². The molecule has 142 valence electrons. The highest BCUT2D eigenvalue weighted by molar-refractivity contribution is 5.86. The molecule has 6 heteroatoms. The molecule has 2 N–H and O–H groups in total. The molecule has 2 aromatic rings. The van der Waals surface area contributed by atoms with E-state index in [4.69, 9.17) is 4.74 Å². The molecule has 0 unspecified atom stereocenters. The fourth-order valence-corrected chi connectivity index (χ4v) is 3.38.